The molecule has 2 aliphatic rings. The first-order valence-electron chi connectivity index (χ1n) is 12.6. The first-order chi connectivity index (χ1) is 17.3. The van der Waals surface area contributed by atoms with Crippen molar-refractivity contribution in [2.75, 3.05) is 25.0 Å². The lowest BCUT2D eigenvalue weighted by molar-refractivity contribution is -0.137. The highest BCUT2D eigenvalue weighted by Crippen LogP contribution is 2.39. The van der Waals surface area contributed by atoms with Gasteiger partial charge in [0, 0.05) is 49.1 Å². The van der Waals surface area contributed by atoms with Crippen LogP contribution in [0.15, 0.2) is 30.5 Å². The van der Waals surface area contributed by atoms with Crippen LogP contribution in [0, 0.1) is 0 Å². The van der Waals surface area contributed by atoms with E-state index >= 15 is 0 Å². The minimum atomic E-state index is -4.41. The molecule has 0 aliphatic carbocycles. The van der Waals surface area contributed by atoms with Crippen molar-refractivity contribution >= 4 is 17.7 Å². The minimum absolute atomic E-state index is 0.163. The predicted molar refractivity (Wildman–Crippen MR) is 133 cm³/mol. The van der Waals surface area contributed by atoms with E-state index in [2.05, 4.69) is 35.7 Å². The fraction of sp³-hybridized carbons (Fsp3) is 0.577. The molecule has 1 N–H and O–H groups in total. The van der Waals surface area contributed by atoms with E-state index in [1.807, 2.05) is 7.05 Å². The third kappa shape index (κ3) is 5.46. The van der Waals surface area contributed by atoms with E-state index in [9.17, 15) is 22.8 Å². The second-order valence-electron chi connectivity index (χ2n) is 10.6. The van der Waals surface area contributed by atoms with Crippen molar-refractivity contribution in [2.24, 2.45) is 0 Å². The van der Waals surface area contributed by atoms with E-state index in [0.717, 1.165) is 29.2 Å². The van der Waals surface area contributed by atoms with Crippen molar-refractivity contribution in [3.05, 3.63) is 47.3 Å². The van der Waals surface area contributed by atoms with Gasteiger partial charge in [-0.1, -0.05) is 6.07 Å². The highest BCUT2D eigenvalue weighted by molar-refractivity contribution is 5.86. The number of hydrogen-bond acceptors (Lipinski definition) is 5. The molecule has 8 nitrogen and oxygen atoms in total. The molecule has 0 radical (unpaired) electrons. The summed E-state index contributed by atoms with van der Waals surface area (Å²) in [6.07, 6.45) is 0.148. The Morgan fingerprint density at radius 3 is 2.30 bits per heavy atom. The van der Waals surface area contributed by atoms with Crippen LogP contribution in [0.3, 0.4) is 0 Å². The largest absolute Gasteiger partial charge is 0.476 e. The van der Waals surface area contributed by atoms with Crippen LogP contribution in [0.1, 0.15) is 68.1 Å². The Bertz CT molecular complexity index is 1150. The molecule has 202 valence electrons. The molecule has 0 bridgehead atoms. The molecule has 37 heavy (non-hydrogen) atoms. The van der Waals surface area contributed by atoms with Gasteiger partial charge in [-0.25, -0.2) is 9.59 Å². The quantitative estimate of drug-likeness (QED) is 0.601. The molecule has 3 heterocycles. The number of piperidine rings is 1. The molecular formula is C26H34F3N5O3. The van der Waals surface area contributed by atoms with Crippen LogP contribution in [0.4, 0.5) is 23.7 Å². The van der Waals surface area contributed by atoms with Crippen molar-refractivity contribution in [1.29, 1.82) is 0 Å². The molecule has 4 rings (SSSR count). The maximum Gasteiger partial charge on any atom is 0.416 e. The lowest BCUT2D eigenvalue weighted by Crippen LogP contribution is -2.53. The number of benzene rings is 1. The lowest BCUT2D eigenvalue weighted by atomic mass is 9.87. The lowest BCUT2D eigenvalue weighted by Gasteiger charge is -2.45. The Hall–Kier alpha value is -3.08. The summed E-state index contributed by atoms with van der Waals surface area (Å²) in [5, 5.41) is 12.9. The number of rotatable bonds is 5. The summed E-state index contributed by atoms with van der Waals surface area (Å²) >= 11 is 0. The molecule has 2 fully saturated rings. The van der Waals surface area contributed by atoms with Crippen molar-refractivity contribution in [2.45, 2.75) is 76.8 Å². The number of aromatic carboxylic acids is 1. The van der Waals surface area contributed by atoms with Gasteiger partial charge in [0.25, 0.3) is 0 Å². The van der Waals surface area contributed by atoms with Crippen molar-refractivity contribution in [3.63, 3.8) is 0 Å². The van der Waals surface area contributed by atoms with Crippen molar-refractivity contribution in [3.8, 4) is 0 Å². The second-order valence-corrected chi connectivity index (χ2v) is 10.6. The smallest absolute Gasteiger partial charge is 0.416 e. The number of carbonyl (C=O) groups excluding carboxylic acids is 1. The maximum atomic E-state index is 13.6. The summed E-state index contributed by atoms with van der Waals surface area (Å²) in [7, 11) is 1.97. The van der Waals surface area contributed by atoms with Crippen LogP contribution in [0.25, 0.3) is 0 Å². The Morgan fingerprint density at radius 2 is 1.76 bits per heavy atom. The maximum absolute atomic E-state index is 13.6. The van der Waals surface area contributed by atoms with Gasteiger partial charge in [0.05, 0.1) is 5.56 Å². The van der Waals surface area contributed by atoms with Crippen LogP contribution >= 0.6 is 0 Å². The van der Waals surface area contributed by atoms with Gasteiger partial charge in [0.2, 0.25) is 0 Å². The standard InChI is InChI=1S/C26H34F3N5O3/c1-17-5-6-18(2)34(17)22-15-20(26(27,28)29)8-7-19(22)16-31(4)25(3)10-13-32(14-11-25)24(37)33-12-9-21(30-33)23(35)36/h7-9,12,15,17-18H,5-6,10-11,13-14,16H2,1-4H3,(H,35,36)/t17-,18?/m1/s1. The molecule has 1 unspecified atom stereocenters. The molecule has 11 heteroatoms. The summed E-state index contributed by atoms with van der Waals surface area (Å²) < 4.78 is 41.7. The summed E-state index contributed by atoms with van der Waals surface area (Å²) in [4.78, 5) is 29.8. The zero-order valence-corrected chi connectivity index (χ0v) is 21.6. The van der Waals surface area contributed by atoms with E-state index in [-0.39, 0.29) is 29.3 Å². The third-order valence-electron chi connectivity index (χ3n) is 8.09. The average Bonchev–Trinajstić information content (AvgIpc) is 3.46. The number of carbonyl (C=O) groups is 2. The molecule has 0 spiro atoms. The normalized spacial score (nSPS) is 22.1. The van der Waals surface area contributed by atoms with E-state index in [1.165, 1.54) is 18.3 Å². The van der Waals surface area contributed by atoms with E-state index < -0.39 is 17.7 Å². The summed E-state index contributed by atoms with van der Waals surface area (Å²) in [6, 6.07) is 5.29. The minimum Gasteiger partial charge on any atom is -0.476 e. The molecule has 1 aromatic heterocycles. The number of aromatic nitrogens is 2. The Morgan fingerprint density at radius 1 is 1.14 bits per heavy atom. The number of anilines is 1. The Labute approximate surface area is 214 Å². The molecule has 1 aromatic carbocycles. The molecule has 2 aromatic rings. The van der Waals surface area contributed by atoms with Gasteiger partial charge in [-0.05, 0) is 77.3 Å². The third-order valence-corrected chi connectivity index (χ3v) is 8.09. The van der Waals surface area contributed by atoms with E-state index in [0.29, 0.717) is 38.2 Å². The zero-order chi connectivity index (χ0) is 27.1. The van der Waals surface area contributed by atoms with E-state index in [1.54, 1.807) is 11.0 Å². The van der Waals surface area contributed by atoms with Gasteiger partial charge in [-0.15, -0.1) is 0 Å². The van der Waals surface area contributed by atoms with Gasteiger partial charge in [-0.2, -0.15) is 23.0 Å². The predicted octanol–water partition coefficient (Wildman–Crippen LogP) is 4.93. The summed E-state index contributed by atoms with van der Waals surface area (Å²) in [5.74, 6) is -1.19. The number of alkyl halides is 3. The first-order valence-corrected chi connectivity index (χ1v) is 12.6. The first kappa shape index (κ1) is 27.0. The fourth-order valence-corrected chi connectivity index (χ4v) is 5.48. The SMILES string of the molecule is CC1CC[C@@H](C)N1c1cc(C(F)(F)F)ccc1CN(C)C1(C)CCN(C(=O)n2ccc(C(=O)O)n2)CC1. The average molecular weight is 522 g/mol. The number of carboxylic acid groups (broad SMARTS) is 1. The Kier molecular flexibility index (Phi) is 7.29. The topological polar surface area (TPSA) is 81.9 Å². The molecule has 2 atom stereocenters. The van der Waals surface area contributed by atoms with E-state index in [4.69, 9.17) is 5.11 Å². The van der Waals surface area contributed by atoms with Crippen LogP contribution in [0.5, 0.6) is 0 Å². The van der Waals surface area contributed by atoms with Crippen LogP contribution < -0.4 is 4.90 Å². The fourth-order valence-electron chi connectivity index (χ4n) is 5.48. The number of hydrogen-bond donors (Lipinski definition) is 1. The van der Waals surface area contributed by atoms with Gasteiger partial charge in [-0.3, -0.25) is 4.90 Å². The highest BCUT2D eigenvalue weighted by Gasteiger charge is 2.38. The van der Waals surface area contributed by atoms with Crippen LogP contribution in [-0.2, 0) is 12.7 Å². The zero-order valence-electron chi connectivity index (χ0n) is 21.6. The second kappa shape index (κ2) is 10.00. The number of carboxylic acids is 1. The van der Waals surface area contributed by atoms with Crippen LogP contribution in [-0.4, -0.2) is 74.4 Å². The summed E-state index contributed by atoms with van der Waals surface area (Å²) in [5.41, 5.74) is 0.402. The highest BCUT2D eigenvalue weighted by atomic mass is 19.4. The number of halogens is 3. The number of likely N-dealkylation sites (tertiary alicyclic amines) is 1. The monoisotopic (exact) mass is 521 g/mol. The summed E-state index contributed by atoms with van der Waals surface area (Å²) in [6.45, 7) is 7.63. The number of nitrogens with zero attached hydrogens (tertiary/aromatic N) is 5. The van der Waals surface area contributed by atoms with Crippen molar-refractivity contribution < 1.29 is 27.9 Å². The van der Waals surface area contributed by atoms with Crippen molar-refractivity contribution in [1.82, 2.24) is 19.6 Å². The van der Waals surface area contributed by atoms with Gasteiger partial charge < -0.3 is 14.9 Å². The Balaban J connectivity index is 1.49. The van der Waals surface area contributed by atoms with Crippen LogP contribution in [0.2, 0.25) is 0 Å². The molecule has 1 amide bonds. The molecular weight excluding hydrogens is 487 g/mol. The number of amides is 1. The van der Waals surface area contributed by atoms with Gasteiger partial charge >= 0.3 is 18.2 Å². The molecule has 2 saturated heterocycles. The van der Waals surface area contributed by atoms with Gasteiger partial charge in [0.15, 0.2) is 5.69 Å². The van der Waals surface area contributed by atoms with Gasteiger partial charge in [0.1, 0.15) is 0 Å². The molecule has 0 saturated carbocycles. The molecule has 2 aliphatic heterocycles.